The lowest BCUT2D eigenvalue weighted by atomic mass is 10.1. The zero-order valence-electron chi connectivity index (χ0n) is 10.6. The third-order valence-electron chi connectivity index (χ3n) is 3.31. The van der Waals surface area contributed by atoms with Crippen molar-refractivity contribution in [1.82, 2.24) is 4.98 Å². The van der Waals surface area contributed by atoms with E-state index in [1.54, 1.807) is 6.07 Å². The van der Waals surface area contributed by atoms with Gasteiger partial charge in [0.05, 0.1) is 12.2 Å². The van der Waals surface area contributed by atoms with Crippen LogP contribution in [0.2, 0.25) is 0 Å². The molecule has 0 atom stereocenters. The van der Waals surface area contributed by atoms with Crippen molar-refractivity contribution in [1.29, 1.82) is 0 Å². The van der Waals surface area contributed by atoms with E-state index >= 15 is 0 Å². The fourth-order valence-electron chi connectivity index (χ4n) is 2.27. The highest BCUT2D eigenvalue weighted by Gasteiger charge is 2.17. The highest BCUT2D eigenvalue weighted by molar-refractivity contribution is 5.99. The largest absolute Gasteiger partial charge is 0.477 e. The fourth-order valence-corrected chi connectivity index (χ4v) is 2.27. The second-order valence-corrected chi connectivity index (χ2v) is 4.75. The van der Waals surface area contributed by atoms with Gasteiger partial charge in [-0.3, -0.25) is 0 Å². The number of oxime groups is 1. The van der Waals surface area contributed by atoms with E-state index in [9.17, 15) is 0 Å². The SMILES string of the molecule is Cc1ccc(C(N)=NO)c(OCC2CCCC2)n1. The molecule has 1 fully saturated rings. The summed E-state index contributed by atoms with van der Waals surface area (Å²) >= 11 is 0. The van der Waals surface area contributed by atoms with Gasteiger partial charge in [0.2, 0.25) is 5.88 Å². The Morgan fingerprint density at radius 2 is 2.22 bits per heavy atom. The minimum atomic E-state index is 0.0314. The Labute approximate surface area is 107 Å². The molecule has 0 aliphatic heterocycles. The molecule has 1 aromatic rings. The molecule has 0 unspecified atom stereocenters. The van der Waals surface area contributed by atoms with Crippen LogP contribution in [-0.2, 0) is 0 Å². The number of amidine groups is 1. The van der Waals surface area contributed by atoms with Crippen LogP contribution in [0.1, 0.15) is 36.9 Å². The average molecular weight is 249 g/mol. The van der Waals surface area contributed by atoms with E-state index in [0.717, 1.165) is 5.69 Å². The molecule has 2 rings (SSSR count). The first-order valence-corrected chi connectivity index (χ1v) is 6.29. The predicted octanol–water partition coefficient (Wildman–Crippen LogP) is 2.05. The summed E-state index contributed by atoms with van der Waals surface area (Å²) in [5, 5.41) is 11.7. The maximum atomic E-state index is 8.74. The van der Waals surface area contributed by atoms with Crippen molar-refractivity contribution in [3.63, 3.8) is 0 Å². The molecule has 0 aromatic carbocycles. The maximum Gasteiger partial charge on any atom is 0.224 e. The summed E-state index contributed by atoms with van der Waals surface area (Å²) in [6.45, 7) is 2.54. The Morgan fingerprint density at radius 1 is 1.50 bits per heavy atom. The van der Waals surface area contributed by atoms with Crippen LogP contribution in [0.3, 0.4) is 0 Å². The van der Waals surface area contributed by atoms with Crippen LogP contribution < -0.4 is 10.5 Å². The molecule has 1 aliphatic carbocycles. The predicted molar refractivity (Wildman–Crippen MR) is 68.9 cm³/mol. The summed E-state index contributed by atoms with van der Waals surface area (Å²) in [5.41, 5.74) is 7.00. The number of ether oxygens (including phenoxy) is 1. The first-order chi connectivity index (χ1) is 8.70. The summed E-state index contributed by atoms with van der Waals surface area (Å²) in [4.78, 5) is 4.31. The molecule has 1 aromatic heterocycles. The monoisotopic (exact) mass is 249 g/mol. The van der Waals surface area contributed by atoms with Gasteiger partial charge in [-0.1, -0.05) is 18.0 Å². The van der Waals surface area contributed by atoms with Gasteiger partial charge in [0, 0.05) is 5.69 Å². The molecule has 0 saturated heterocycles. The molecule has 98 valence electrons. The van der Waals surface area contributed by atoms with E-state index in [0.29, 0.717) is 24.0 Å². The van der Waals surface area contributed by atoms with Crippen molar-refractivity contribution in [3.05, 3.63) is 23.4 Å². The quantitative estimate of drug-likeness (QED) is 0.370. The molecule has 0 bridgehead atoms. The van der Waals surface area contributed by atoms with Crippen LogP contribution >= 0.6 is 0 Å². The average Bonchev–Trinajstić information content (AvgIpc) is 2.88. The second-order valence-electron chi connectivity index (χ2n) is 4.75. The van der Waals surface area contributed by atoms with Crippen molar-refractivity contribution in [2.45, 2.75) is 32.6 Å². The van der Waals surface area contributed by atoms with Gasteiger partial charge in [0.15, 0.2) is 5.84 Å². The number of pyridine rings is 1. The third kappa shape index (κ3) is 2.91. The molecule has 3 N–H and O–H groups in total. The molecule has 0 spiro atoms. The third-order valence-corrected chi connectivity index (χ3v) is 3.31. The van der Waals surface area contributed by atoms with E-state index in [4.69, 9.17) is 15.7 Å². The van der Waals surface area contributed by atoms with Crippen LogP contribution in [0.5, 0.6) is 5.88 Å². The van der Waals surface area contributed by atoms with Gasteiger partial charge in [-0.25, -0.2) is 4.98 Å². The Kier molecular flexibility index (Phi) is 4.02. The van der Waals surface area contributed by atoms with Crippen LogP contribution in [0.4, 0.5) is 0 Å². The van der Waals surface area contributed by atoms with Crippen LogP contribution in [0.25, 0.3) is 0 Å². The number of hydrogen-bond acceptors (Lipinski definition) is 4. The molecule has 1 saturated carbocycles. The van der Waals surface area contributed by atoms with Crippen LogP contribution in [-0.4, -0.2) is 22.6 Å². The zero-order chi connectivity index (χ0) is 13.0. The van der Waals surface area contributed by atoms with E-state index in [-0.39, 0.29) is 5.84 Å². The first kappa shape index (κ1) is 12.7. The number of nitrogens with zero attached hydrogens (tertiary/aromatic N) is 2. The molecule has 1 heterocycles. The second kappa shape index (κ2) is 5.71. The number of rotatable bonds is 4. The van der Waals surface area contributed by atoms with E-state index < -0.39 is 0 Å². The smallest absolute Gasteiger partial charge is 0.224 e. The van der Waals surface area contributed by atoms with Crippen LogP contribution in [0, 0.1) is 12.8 Å². The topological polar surface area (TPSA) is 80.7 Å². The molecular formula is C13H19N3O2. The summed E-state index contributed by atoms with van der Waals surface area (Å²) in [6.07, 6.45) is 4.99. The first-order valence-electron chi connectivity index (χ1n) is 6.29. The normalized spacial score (nSPS) is 17.1. The highest BCUT2D eigenvalue weighted by atomic mass is 16.5. The Morgan fingerprint density at radius 3 is 2.89 bits per heavy atom. The van der Waals surface area contributed by atoms with Gasteiger partial charge in [0.1, 0.15) is 0 Å². The van der Waals surface area contributed by atoms with Crippen LogP contribution in [0.15, 0.2) is 17.3 Å². The van der Waals surface area contributed by atoms with Crippen molar-refractivity contribution in [3.8, 4) is 5.88 Å². The van der Waals surface area contributed by atoms with Gasteiger partial charge in [0.25, 0.3) is 0 Å². The lowest BCUT2D eigenvalue weighted by Crippen LogP contribution is -2.17. The Hall–Kier alpha value is -1.78. The van der Waals surface area contributed by atoms with E-state index in [1.807, 2.05) is 13.0 Å². The molecule has 1 aliphatic rings. The highest BCUT2D eigenvalue weighted by Crippen LogP contribution is 2.26. The molecular weight excluding hydrogens is 230 g/mol. The van der Waals surface area contributed by atoms with Gasteiger partial charge in [-0.2, -0.15) is 0 Å². The van der Waals surface area contributed by atoms with E-state index in [2.05, 4.69) is 10.1 Å². The number of nitrogens with two attached hydrogens (primary N) is 1. The number of aromatic nitrogens is 1. The summed E-state index contributed by atoms with van der Waals surface area (Å²) < 4.78 is 5.74. The van der Waals surface area contributed by atoms with Crippen molar-refractivity contribution >= 4 is 5.84 Å². The number of aryl methyl sites for hydroxylation is 1. The summed E-state index contributed by atoms with van der Waals surface area (Å²) in [5.74, 6) is 1.09. The fraction of sp³-hybridized carbons (Fsp3) is 0.538. The standard InChI is InChI=1S/C13H19N3O2/c1-9-6-7-11(12(14)16-17)13(15-9)18-8-10-4-2-3-5-10/h6-7,10,17H,2-5,8H2,1H3,(H2,14,16). The van der Waals surface area contributed by atoms with Gasteiger partial charge in [-0.15, -0.1) is 0 Å². The minimum Gasteiger partial charge on any atom is -0.477 e. The maximum absolute atomic E-state index is 8.74. The van der Waals surface area contributed by atoms with Crippen molar-refractivity contribution in [2.24, 2.45) is 16.8 Å². The Bertz CT molecular complexity index is 440. The lowest BCUT2D eigenvalue weighted by Gasteiger charge is -2.13. The summed E-state index contributed by atoms with van der Waals surface area (Å²) in [7, 11) is 0. The van der Waals surface area contributed by atoms with Gasteiger partial charge >= 0.3 is 0 Å². The van der Waals surface area contributed by atoms with Gasteiger partial charge < -0.3 is 15.7 Å². The molecule has 5 nitrogen and oxygen atoms in total. The number of hydrogen-bond donors (Lipinski definition) is 2. The molecule has 5 heteroatoms. The van der Waals surface area contributed by atoms with Crippen molar-refractivity contribution in [2.75, 3.05) is 6.61 Å². The molecule has 0 amide bonds. The van der Waals surface area contributed by atoms with Crippen molar-refractivity contribution < 1.29 is 9.94 Å². The molecule has 0 radical (unpaired) electrons. The molecule has 18 heavy (non-hydrogen) atoms. The van der Waals surface area contributed by atoms with Gasteiger partial charge in [-0.05, 0) is 37.8 Å². The zero-order valence-corrected chi connectivity index (χ0v) is 10.6. The van der Waals surface area contributed by atoms with E-state index in [1.165, 1.54) is 25.7 Å². The lowest BCUT2D eigenvalue weighted by molar-refractivity contribution is 0.242. The minimum absolute atomic E-state index is 0.0314. The Balaban J connectivity index is 2.11. The summed E-state index contributed by atoms with van der Waals surface area (Å²) in [6, 6.07) is 3.58.